The molecule has 15 heteroatoms. The summed E-state index contributed by atoms with van der Waals surface area (Å²) < 4.78 is 50.5. The molecule has 0 unspecified atom stereocenters. The van der Waals surface area contributed by atoms with Crippen molar-refractivity contribution < 1.29 is 33.2 Å². The minimum absolute atomic E-state index is 0.0343. The van der Waals surface area contributed by atoms with Crippen LogP contribution in [-0.2, 0) is 4.74 Å². The molecule has 0 aliphatic carbocycles. The summed E-state index contributed by atoms with van der Waals surface area (Å²) in [6.45, 7) is 2.97. The third-order valence-electron chi connectivity index (χ3n) is 6.70. The number of hydrogen-bond donors (Lipinski definition) is 3. The van der Waals surface area contributed by atoms with Crippen LogP contribution in [0.3, 0.4) is 0 Å². The lowest BCUT2D eigenvalue weighted by Crippen LogP contribution is -2.53. The Bertz CT molecular complexity index is 1700. The molecule has 5 atom stereocenters. The fourth-order valence-electron chi connectivity index (χ4n) is 4.85. The number of aliphatic hydroxyl groups excluding tert-OH is 3. The Morgan fingerprint density at radius 1 is 1.02 bits per heavy atom. The first-order chi connectivity index (χ1) is 19.1. The molecule has 2 aromatic carbocycles. The lowest BCUT2D eigenvalue weighted by Gasteiger charge is -2.41. The Labute approximate surface area is 228 Å². The molecule has 3 aromatic heterocycles. The molecule has 0 radical (unpaired) electrons. The predicted molar refractivity (Wildman–Crippen MR) is 135 cm³/mol. The van der Waals surface area contributed by atoms with E-state index in [0.717, 1.165) is 32.0 Å². The van der Waals surface area contributed by atoms with Crippen molar-refractivity contribution in [3.63, 3.8) is 0 Å². The molecule has 3 N–H and O–H groups in total. The lowest BCUT2D eigenvalue weighted by molar-refractivity contribution is -0.210. The maximum absolute atomic E-state index is 13.8. The summed E-state index contributed by atoms with van der Waals surface area (Å²) in [6.07, 6.45) is -4.04. The van der Waals surface area contributed by atoms with E-state index >= 15 is 0 Å². The molecule has 208 valence electrons. The number of fused-ring (bicyclic) bond motifs is 1. The van der Waals surface area contributed by atoms with Crippen molar-refractivity contribution in [2.45, 2.75) is 44.3 Å². The minimum Gasteiger partial charge on any atom is -0.394 e. The van der Waals surface area contributed by atoms with Crippen LogP contribution in [-0.4, -0.2) is 75.0 Å². The third kappa shape index (κ3) is 4.45. The smallest absolute Gasteiger partial charge is 0.194 e. The van der Waals surface area contributed by atoms with Crippen LogP contribution in [0.25, 0.3) is 27.2 Å². The molecule has 1 fully saturated rings. The number of aliphatic hydroxyl groups is 3. The summed E-state index contributed by atoms with van der Waals surface area (Å²) in [4.78, 5) is 8.94. The van der Waals surface area contributed by atoms with Crippen molar-refractivity contribution in [2.75, 3.05) is 6.61 Å². The third-order valence-corrected chi connectivity index (χ3v) is 7.64. The number of aryl methyl sites for hydroxylation is 2. The summed E-state index contributed by atoms with van der Waals surface area (Å²) in [6, 6.07) is 5.83. The van der Waals surface area contributed by atoms with Crippen LogP contribution in [0.2, 0.25) is 0 Å². The largest absolute Gasteiger partial charge is 0.394 e. The summed E-state index contributed by atoms with van der Waals surface area (Å²) in [7, 11) is 0. The van der Waals surface area contributed by atoms with Gasteiger partial charge in [-0.05, 0) is 44.2 Å². The van der Waals surface area contributed by atoms with Crippen LogP contribution in [0.15, 0.2) is 36.5 Å². The van der Waals surface area contributed by atoms with Gasteiger partial charge in [0, 0.05) is 5.56 Å². The molecule has 1 aliphatic heterocycles. The molecular formula is C25H22F3N7O4S. The number of halogens is 3. The zero-order valence-electron chi connectivity index (χ0n) is 21.0. The molecule has 11 nitrogen and oxygen atoms in total. The topological polar surface area (TPSA) is 144 Å². The number of nitrogens with zero attached hydrogens (tertiary/aromatic N) is 7. The molecule has 4 heterocycles. The Kier molecular flexibility index (Phi) is 6.62. The number of benzene rings is 2. The van der Waals surface area contributed by atoms with Crippen molar-refractivity contribution in [3.05, 3.63) is 70.6 Å². The van der Waals surface area contributed by atoms with Gasteiger partial charge in [0.05, 0.1) is 33.7 Å². The Morgan fingerprint density at radius 3 is 2.50 bits per heavy atom. The van der Waals surface area contributed by atoms with Gasteiger partial charge in [-0.15, -0.1) is 16.4 Å². The zero-order chi connectivity index (χ0) is 28.3. The summed E-state index contributed by atoms with van der Waals surface area (Å²) in [5.41, 5.74) is 1.32. The van der Waals surface area contributed by atoms with E-state index in [4.69, 9.17) is 4.74 Å². The Hall–Kier alpha value is -3.76. The molecule has 0 saturated carbocycles. The van der Waals surface area contributed by atoms with Crippen LogP contribution < -0.4 is 0 Å². The van der Waals surface area contributed by atoms with Gasteiger partial charge in [0.2, 0.25) is 0 Å². The van der Waals surface area contributed by atoms with E-state index in [1.54, 1.807) is 13.0 Å². The first-order valence-corrected chi connectivity index (χ1v) is 13.0. The van der Waals surface area contributed by atoms with Gasteiger partial charge in [-0.2, -0.15) is 5.10 Å². The number of rotatable bonds is 5. The quantitative estimate of drug-likeness (QED) is 0.270. The fraction of sp³-hybridized carbons (Fsp3) is 0.320. The predicted octanol–water partition coefficient (Wildman–Crippen LogP) is 2.56. The lowest BCUT2D eigenvalue weighted by atomic mass is 9.92. The highest BCUT2D eigenvalue weighted by atomic mass is 32.1. The van der Waals surface area contributed by atoms with Crippen molar-refractivity contribution in [1.29, 1.82) is 0 Å². The Morgan fingerprint density at radius 2 is 1.77 bits per heavy atom. The fourth-order valence-corrected chi connectivity index (χ4v) is 5.71. The molecule has 0 spiro atoms. The highest BCUT2D eigenvalue weighted by Gasteiger charge is 2.48. The first-order valence-electron chi connectivity index (χ1n) is 12.1. The summed E-state index contributed by atoms with van der Waals surface area (Å²) in [5.74, 6) is -3.83. The number of thiazole rings is 1. The average Bonchev–Trinajstić information content (AvgIpc) is 3.64. The number of hydrogen-bond acceptors (Lipinski definition) is 10. The molecule has 5 aromatic rings. The zero-order valence-corrected chi connectivity index (χ0v) is 21.8. The van der Waals surface area contributed by atoms with Crippen LogP contribution in [0, 0.1) is 31.3 Å². The highest BCUT2D eigenvalue weighted by Crippen LogP contribution is 2.39. The van der Waals surface area contributed by atoms with Gasteiger partial charge in [0.25, 0.3) is 0 Å². The van der Waals surface area contributed by atoms with Crippen LogP contribution in [0.4, 0.5) is 13.2 Å². The van der Waals surface area contributed by atoms with Crippen molar-refractivity contribution in [2.24, 2.45) is 0 Å². The maximum atomic E-state index is 13.8. The Balaban J connectivity index is 1.39. The number of aromatic nitrogens is 7. The summed E-state index contributed by atoms with van der Waals surface area (Å²) >= 11 is 1.51. The van der Waals surface area contributed by atoms with Crippen LogP contribution >= 0.6 is 11.3 Å². The van der Waals surface area contributed by atoms with E-state index in [1.165, 1.54) is 22.2 Å². The van der Waals surface area contributed by atoms with E-state index in [0.29, 0.717) is 11.5 Å². The van der Waals surface area contributed by atoms with Gasteiger partial charge in [0.1, 0.15) is 42.0 Å². The van der Waals surface area contributed by atoms with Crippen LogP contribution in [0.5, 0.6) is 0 Å². The van der Waals surface area contributed by atoms with Crippen molar-refractivity contribution in [1.82, 2.24) is 34.7 Å². The van der Waals surface area contributed by atoms with Gasteiger partial charge in [0.15, 0.2) is 23.3 Å². The minimum atomic E-state index is -1.62. The average molecular weight is 574 g/mol. The molecule has 0 amide bonds. The number of ether oxygens (including phenoxy) is 1. The van der Waals surface area contributed by atoms with Gasteiger partial charge >= 0.3 is 0 Å². The summed E-state index contributed by atoms with van der Waals surface area (Å²) in [5, 5.41) is 45.6. The van der Waals surface area contributed by atoms with Crippen molar-refractivity contribution in [3.8, 4) is 16.9 Å². The molecule has 1 aliphatic rings. The second-order valence-electron chi connectivity index (χ2n) is 9.40. The van der Waals surface area contributed by atoms with Gasteiger partial charge in [-0.3, -0.25) is 0 Å². The molecule has 6 rings (SSSR count). The monoisotopic (exact) mass is 573 g/mol. The first kappa shape index (κ1) is 26.5. The maximum Gasteiger partial charge on any atom is 0.194 e. The molecular weight excluding hydrogens is 551 g/mol. The molecule has 1 saturated heterocycles. The van der Waals surface area contributed by atoms with Gasteiger partial charge < -0.3 is 20.1 Å². The van der Waals surface area contributed by atoms with E-state index in [-0.39, 0.29) is 17.1 Å². The van der Waals surface area contributed by atoms with E-state index in [9.17, 15) is 28.5 Å². The molecule has 0 bridgehead atoms. The standard InChI is InChI=1S/C25H22F3N7O4S/c1-10-29-25(35(32-10)13-3-4-16-19(7-13)40-11(2)30-16)24-23(38)21(22(37)18(9-36)39-24)34-8-17(31-33-34)12-5-14(26)20(28)15(27)6-12/h3-8,18,21-24,36-38H,9H2,1-2H3/t18-,21+,22+,23-,24-/m1/s1. The second kappa shape index (κ2) is 10.0. The van der Waals surface area contributed by atoms with Gasteiger partial charge in [-0.25, -0.2) is 32.5 Å². The van der Waals surface area contributed by atoms with Gasteiger partial charge in [-0.1, -0.05) is 5.21 Å². The van der Waals surface area contributed by atoms with E-state index in [1.807, 2.05) is 19.1 Å². The SMILES string of the molecule is Cc1nc([C@@H]2O[C@H](CO)[C@H](O)[C@H](n3cc(-c4cc(F)c(F)c(F)c4)nn3)[C@H]2O)n(-c2ccc3nc(C)sc3c2)n1. The van der Waals surface area contributed by atoms with E-state index < -0.39 is 54.5 Å². The highest BCUT2D eigenvalue weighted by molar-refractivity contribution is 7.18. The van der Waals surface area contributed by atoms with E-state index in [2.05, 4.69) is 25.4 Å². The van der Waals surface area contributed by atoms with Crippen molar-refractivity contribution >= 4 is 21.6 Å². The molecule has 40 heavy (non-hydrogen) atoms. The normalized spacial score (nSPS) is 23.2. The van der Waals surface area contributed by atoms with Crippen LogP contribution in [0.1, 0.15) is 28.8 Å². The second-order valence-corrected chi connectivity index (χ2v) is 10.6.